The molecule has 0 radical (unpaired) electrons. The summed E-state index contributed by atoms with van der Waals surface area (Å²) >= 11 is 0. The van der Waals surface area contributed by atoms with Crippen LogP contribution in [-0.4, -0.2) is 29.8 Å². The van der Waals surface area contributed by atoms with Gasteiger partial charge < -0.3 is 25.1 Å². The predicted molar refractivity (Wildman–Crippen MR) is 146 cm³/mol. The minimum Gasteiger partial charge on any atom is -0.497 e. The average molecular weight is 505 g/mol. The zero-order chi connectivity index (χ0) is 26.3. The van der Waals surface area contributed by atoms with E-state index in [0.717, 1.165) is 37.5 Å². The van der Waals surface area contributed by atoms with Gasteiger partial charge in [-0.05, 0) is 67.3 Å². The summed E-state index contributed by atoms with van der Waals surface area (Å²) in [7, 11) is 1.68. The van der Waals surface area contributed by atoms with Crippen molar-refractivity contribution in [3.8, 4) is 17.2 Å². The van der Waals surface area contributed by atoms with E-state index in [9.17, 15) is 4.79 Å². The van der Waals surface area contributed by atoms with Crippen molar-refractivity contribution in [1.29, 1.82) is 0 Å². The number of aryl methyl sites for hydroxylation is 1. The second kappa shape index (κ2) is 15.2. The van der Waals surface area contributed by atoms with E-state index < -0.39 is 5.97 Å². The Bertz CT molecular complexity index is 1140. The Morgan fingerprint density at radius 1 is 0.919 bits per heavy atom. The maximum atomic E-state index is 11.0. The number of unbranched alkanes of at least 4 members (excludes halogenated alkanes) is 5. The normalized spacial score (nSPS) is 10.9. The van der Waals surface area contributed by atoms with Crippen molar-refractivity contribution in [2.24, 2.45) is 0 Å². The lowest BCUT2D eigenvalue weighted by molar-refractivity contribution is -0.131. The molecular formula is C30H36N2O5. The van der Waals surface area contributed by atoms with Gasteiger partial charge in [0.05, 0.1) is 19.4 Å². The molecule has 7 heteroatoms. The highest BCUT2D eigenvalue weighted by atomic mass is 16.5. The smallest absolute Gasteiger partial charge is 0.328 e. The van der Waals surface area contributed by atoms with E-state index in [-0.39, 0.29) is 6.61 Å². The molecule has 0 unspecified atom stereocenters. The highest BCUT2D eigenvalue weighted by Crippen LogP contribution is 2.21. The van der Waals surface area contributed by atoms with E-state index in [1.54, 1.807) is 19.2 Å². The van der Waals surface area contributed by atoms with Gasteiger partial charge in [-0.15, -0.1) is 0 Å². The Labute approximate surface area is 218 Å². The van der Waals surface area contributed by atoms with E-state index in [4.69, 9.17) is 25.1 Å². The number of rotatable bonds is 16. The number of nitrogens with two attached hydrogens (primary N) is 1. The van der Waals surface area contributed by atoms with Crippen molar-refractivity contribution in [3.63, 3.8) is 0 Å². The van der Waals surface area contributed by atoms with Crippen molar-refractivity contribution in [2.45, 2.75) is 51.6 Å². The minimum atomic E-state index is -1.04. The molecule has 0 aliphatic rings. The van der Waals surface area contributed by atoms with E-state index in [2.05, 4.69) is 17.1 Å². The molecular weight excluding hydrogens is 468 g/mol. The number of anilines is 1. The summed E-state index contributed by atoms with van der Waals surface area (Å²) in [6.07, 6.45) is 10.4. The first-order valence-electron chi connectivity index (χ1n) is 12.7. The molecule has 3 rings (SSSR count). The number of hydrogen-bond acceptors (Lipinski definition) is 6. The van der Waals surface area contributed by atoms with Gasteiger partial charge in [0.15, 0.2) is 0 Å². The topological polar surface area (TPSA) is 104 Å². The number of carboxylic acid groups (broad SMARTS) is 1. The first kappa shape index (κ1) is 27.6. The SMILES string of the molecule is COc1ccc(CCCCCCCCOc2ccc(COc3cccc(N)c3)nc2C=CC(=O)O)cc1. The lowest BCUT2D eigenvalue weighted by Gasteiger charge is -2.11. The van der Waals surface area contributed by atoms with Crippen LogP contribution in [0, 0.1) is 0 Å². The number of benzene rings is 2. The predicted octanol–water partition coefficient (Wildman–Crippen LogP) is 6.31. The van der Waals surface area contributed by atoms with Crippen LogP contribution >= 0.6 is 0 Å². The third kappa shape index (κ3) is 10.3. The molecule has 3 N–H and O–H groups in total. The van der Waals surface area contributed by atoms with Crippen molar-refractivity contribution in [3.05, 3.63) is 83.7 Å². The Hall–Kier alpha value is -4.00. The zero-order valence-corrected chi connectivity index (χ0v) is 21.4. The molecule has 0 spiro atoms. The molecule has 0 saturated carbocycles. The number of methoxy groups -OCH3 is 1. The van der Waals surface area contributed by atoms with Crippen LogP contribution in [0.25, 0.3) is 6.08 Å². The fraction of sp³-hybridized carbons (Fsp3) is 0.333. The lowest BCUT2D eigenvalue weighted by atomic mass is 10.0. The maximum absolute atomic E-state index is 11.0. The zero-order valence-electron chi connectivity index (χ0n) is 21.4. The van der Waals surface area contributed by atoms with Gasteiger partial charge in [0.1, 0.15) is 29.5 Å². The van der Waals surface area contributed by atoms with Crippen LogP contribution in [0.1, 0.15) is 55.5 Å². The van der Waals surface area contributed by atoms with Gasteiger partial charge in [-0.1, -0.05) is 43.9 Å². The Morgan fingerprint density at radius 2 is 1.68 bits per heavy atom. The number of pyridine rings is 1. The third-order valence-electron chi connectivity index (χ3n) is 5.85. The van der Waals surface area contributed by atoms with Crippen LogP contribution in [0.15, 0.2) is 66.7 Å². The second-order valence-electron chi connectivity index (χ2n) is 8.79. The number of carboxylic acids is 1. The number of hydrogen-bond donors (Lipinski definition) is 2. The number of carbonyl (C=O) groups is 1. The van der Waals surface area contributed by atoms with Crippen LogP contribution in [0.5, 0.6) is 17.2 Å². The number of ether oxygens (including phenoxy) is 3. The fourth-order valence-corrected chi connectivity index (χ4v) is 3.85. The monoisotopic (exact) mass is 504 g/mol. The highest BCUT2D eigenvalue weighted by molar-refractivity contribution is 5.85. The molecule has 0 amide bonds. The van der Waals surface area contributed by atoms with Gasteiger partial charge in [-0.3, -0.25) is 0 Å². The molecule has 0 aliphatic carbocycles. The summed E-state index contributed by atoms with van der Waals surface area (Å²) in [5.41, 5.74) is 8.88. The molecule has 37 heavy (non-hydrogen) atoms. The van der Waals surface area contributed by atoms with Crippen molar-refractivity contribution in [2.75, 3.05) is 19.5 Å². The molecule has 1 heterocycles. The molecule has 0 bridgehead atoms. The Morgan fingerprint density at radius 3 is 2.41 bits per heavy atom. The first-order valence-corrected chi connectivity index (χ1v) is 12.7. The second-order valence-corrected chi connectivity index (χ2v) is 8.79. The van der Waals surface area contributed by atoms with E-state index >= 15 is 0 Å². The first-order chi connectivity index (χ1) is 18.0. The van der Waals surface area contributed by atoms with Crippen LogP contribution < -0.4 is 19.9 Å². The van der Waals surface area contributed by atoms with Crippen LogP contribution in [0.2, 0.25) is 0 Å². The Balaban J connectivity index is 1.38. The molecule has 2 aromatic carbocycles. The third-order valence-corrected chi connectivity index (χ3v) is 5.85. The number of nitrogen functional groups attached to an aromatic ring is 1. The van der Waals surface area contributed by atoms with Crippen molar-refractivity contribution >= 4 is 17.7 Å². The number of aromatic nitrogens is 1. The van der Waals surface area contributed by atoms with Crippen LogP contribution in [0.3, 0.4) is 0 Å². The van der Waals surface area contributed by atoms with E-state index in [0.29, 0.717) is 35.2 Å². The van der Waals surface area contributed by atoms with Crippen molar-refractivity contribution in [1.82, 2.24) is 4.98 Å². The van der Waals surface area contributed by atoms with Gasteiger partial charge in [0, 0.05) is 17.8 Å². The van der Waals surface area contributed by atoms with Gasteiger partial charge in [-0.25, -0.2) is 9.78 Å². The summed E-state index contributed by atoms with van der Waals surface area (Å²) < 4.78 is 16.9. The minimum absolute atomic E-state index is 0.232. The van der Waals surface area contributed by atoms with E-state index in [1.165, 1.54) is 30.9 Å². The molecule has 3 aromatic rings. The van der Waals surface area contributed by atoms with Gasteiger partial charge in [0.25, 0.3) is 0 Å². The van der Waals surface area contributed by atoms with Gasteiger partial charge in [-0.2, -0.15) is 0 Å². The van der Waals surface area contributed by atoms with E-state index in [1.807, 2.05) is 36.4 Å². The highest BCUT2D eigenvalue weighted by Gasteiger charge is 2.07. The number of nitrogens with zero attached hydrogens (tertiary/aromatic N) is 1. The molecule has 1 aromatic heterocycles. The quantitative estimate of drug-likeness (QED) is 0.134. The molecule has 0 saturated heterocycles. The number of aliphatic carboxylic acids is 1. The summed E-state index contributed by atoms with van der Waals surface area (Å²) in [6.45, 7) is 0.788. The maximum Gasteiger partial charge on any atom is 0.328 e. The molecule has 0 fully saturated rings. The molecule has 196 valence electrons. The Kier molecular flexibility index (Phi) is 11.3. The summed E-state index contributed by atoms with van der Waals surface area (Å²) in [5.74, 6) is 1.06. The largest absolute Gasteiger partial charge is 0.497 e. The summed E-state index contributed by atoms with van der Waals surface area (Å²) in [4.78, 5) is 15.6. The fourth-order valence-electron chi connectivity index (χ4n) is 3.85. The average Bonchev–Trinajstić information content (AvgIpc) is 2.90. The van der Waals surface area contributed by atoms with Crippen LogP contribution in [-0.2, 0) is 17.8 Å². The van der Waals surface area contributed by atoms with Gasteiger partial charge >= 0.3 is 5.97 Å². The molecule has 0 aliphatic heterocycles. The molecule has 7 nitrogen and oxygen atoms in total. The summed E-state index contributed by atoms with van der Waals surface area (Å²) in [5, 5.41) is 9.04. The lowest BCUT2D eigenvalue weighted by Crippen LogP contribution is -2.04. The van der Waals surface area contributed by atoms with Crippen molar-refractivity contribution < 1.29 is 24.1 Å². The molecule has 0 atom stereocenters. The van der Waals surface area contributed by atoms with Crippen LogP contribution in [0.4, 0.5) is 5.69 Å². The standard InChI is InChI=1S/C30H36N2O5/c1-35-26-15-12-23(13-16-26)9-6-4-2-3-5-7-20-36-29-18-14-25(32-28(29)17-19-30(33)34)22-37-27-11-8-10-24(31)21-27/h8,10-19,21H,2-7,9,20,22,31H2,1H3,(H,33,34). The van der Waals surface area contributed by atoms with Gasteiger partial charge in [0.2, 0.25) is 0 Å². The summed E-state index contributed by atoms with van der Waals surface area (Å²) in [6, 6.07) is 19.1.